The van der Waals surface area contributed by atoms with Crippen molar-refractivity contribution in [2.75, 3.05) is 7.11 Å². The van der Waals surface area contributed by atoms with Crippen LogP contribution in [-0.4, -0.2) is 7.11 Å². The number of aryl methyl sites for hydroxylation is 1. The molecule has 0 heterocycles. The van der Waals surface area contributed by atoms with Crippen molar-refractivity contribution in [2.24, 2.45) is 0 Å². The van der Waals surface area contributed by atoms with Crippen LogP contribution in [0.25, 0.3) is 5.57 Å². The zero-order chi connectivity index (χ0) is 14.4. The highest BCUT2D eigenvalue weighted by molar-refractivity contribution is 9.10. The minimum atomic E-state index is 0.908. The van der Waals surface area contributed by atoms with Gasteiger partial charge in [0.05, 0.1) is 11.6 Å². The standard InChI is InChI=1S/C17H25BrO/c1-6-9-13(7-2)14(8-3)15-11-16(18)17(19-5)10-12(15)4/h10-11H,6-9H2,1-5H3/b14-13+. The van der Waals surface area contributed by atoms with E-state index in [-0.39, 0.29) is 0 Å². The van der Waals surface area contributed by atoms with Crippen LogP contribution in [0.15, 0.2) is 22.2 Å². The van der Waals surface area contributed by atoms with Crippen molar-refractivity contribution in [1.29, 1.82) is 0 Å². The lowest BCUT2D eigenvalue weighted by atomic mass is 9.91. The van der Waals surface area contributed by atoms with Gasteiger partial charge in [0, 0.05) is 0 Å². The highest BCUT2D eigenvalue weighted by atomic mass is 79.9. The van der Waals surface area contributed by atoms with Gasteiger partial charge in [-0.15, -0.1) is 0 Å². The molecule has 0 radical (unpaired) electrons. The summed E-state index contributed by atoms with van der Waals surface area (Å²) in [6.45, 7) is 8.92. The molecule has 0 N–H and O–H groups in total. The average molecular weight is 325 g/mol. The molecular weight excluding hydrogens is 300 g/mol. The molecule has 0 atom stereocenters. The number of allylic oxidation sites excluding steroid dienone is 2. The fourth-order valence-electron chi connectivity index (χ4n) is 2.61. The van der Waals surface area contributed by atoms with Crippen molar-refractivity contribution in [3.63, 3.8) is 0 Å². The molecule has 0 aliphatic rings. The SMILES string of the molecule is CCC/C(CC)=C(\CC)c1cc(Br)c(OC)cc1C. The Bertz CT molecular complexity index is 461. The van der Waals surface area contributed by atoms with Crippen molar-refractivity contribution >= 4 is 21.5 Å². The van der Waals surface area contributed by atoms with Crippen molar-refractivity contribution in [3.8, 4) is 5.75 Å². The zero-order valence-corrected chi connectivity index (χ0v) is 14.4. The van der Waals surface area contributed by atoms with Gasteiger partial charge in [0.2, 0.25) is 0 Å². The molecule has 0 aliphatic heterocycles. The minimum absolute atomic E-state index is 0.908. The Morgan fingerprint density at radius 1 is 1.16 bits per heavy atom. The van der Waals surface area contributed by atoms with Crippen molar-refractivity contribution in [2.45, 2.75) is 53.4 Å². The first-order chi connectivity index (χ1) is 9.08. The van der Waals surface area contributed by atoms with Gasteiger partial charge in [-0.05, 0) is 70.9 Å². The van der Waals surface area contributed by atoms with E-state index in [1.54, 1.807) is 12.7 Å². The maximum Gasteiger partial charge on any atom is 0.133 e. The number of ether oxygens (including phenoxy) is 1. The summed E-state index contributed by atoms with van der Waals surface area (Å²) in [5, 5.41) is 0. The molecule has 0 fully saturated rings. The third-order valence-corrected chi connectivity index (χ3v) is 4.20. The van der Waals surface area contributed by atoms with E-state index in [4.69, 9.17) is 4.74 Å². The monoisotopic (exact) mass is 324 g/mol. The molecule has 1 nitrogen and oxygen atoms in total. The summed E-state index contributed by atoms with van der Waals surface area (Å²) in [4.78, 5) is 0. The van der Waals surface area contributed by atoms with E-state index in [0.717, 1.165) is 23.1 Å². The number of hydrogen-bond donors (Lipinski definition) is 0. The molecule has 2 heteroatoms. The van der Waals surface area contributed by atoms with Gasteiger partial charge in [-0.3, -0.25) is 0 Å². The van der Waals surface area contributed by atoms with Crippen LogP contribution in [-0.2, 0) is 0 Å². The Morgan fingerprint density at radius 3 is 2.32 bits per heavy atom. The van der Waals surface area contributed by atoms with Crippen LogP contribution in [0.5, 0.6) is 5.75 Å². The third-order valence-electron chi connectivity index (χ3n) is 3.58. The van der Waals surface area contributed by atoms with Gasteiger partial charge >= 0.3 is 0 Å². The lowest BCUT2D eigenvalue weighted by Gasteiger charge is -2.17. The van der Waals surface area contributed by atoms with E-state index < -0.39 is 0 Å². The van der Waals surface area contributed by atoms with Crippen LogP contribution in [0.3, 0.4) is 0 Å². The average Bonchev–Trinajstić information content (AvgIpc) is 2.41. The molecule has 19 heavy (non-hydrogen) atoms. The van der Waals surface area contributed by atoms with E-state index in [1.165, 1.54) is 29.5 Å². The number of benzene rings is 1. The van der Waals surface area contributed by atoms with Crippen LogP contribution in [0.2, 0.25) is 0 Å². The van der Waals surface area contributed by atoms with E-state index in [1.807, 2.05) is 0 Å². The van der Waals surface area contributed by atoms with Gasteiger partial charge in [0.15, 0.2) is 0 Å². The Hall–Kier alpha value is -0.760. The minimum Gasteiger partial charge on any atom is -0.496 e. The van der Waals surface area contributed by atoms with Crippen LogP contribution in [0.4, 0.5) is 0 Å². The Kier molecular flexibility index (Phi) is 6.64. The maximum atomic E-state index is 5.37. The van der Waals surface area contributed by atoms with Gasteiger partial charge in [-0.25, -0.2) is 0 Å². The molecule has 0 amide bonds. The largest absolute Gasteiger partial charge is 0.496 e. The molecule has 0 spiro atoms. The molecule has 106 valence electrons. The quantitative estimate of drug-likeness (QED) is 0.610. The predicted octanol–water partition coefficient (Wildman–Crippen LogP) is 6.14. The molecule has 0 saturated carbocycles. The Labute approximate surface area is 126 Å². The topological polar surface area (TPSA) is 9.23 Å². The Morgan fingerprint density at radius 2 is 1.84 bits per heavy atom. The summed E-state index contributed by atoms with van der Waals surface area (Å²) >= 11 is 3.60. The molecular formula is C17H25BrO. The first-order valence-electron chi connectivity index (χ1n) is 7.14. The summed E-state index contributed by atoms with van der Waals surface area (Å²) in [6.07, 6.45) is 4.63. The summed E-state index contributed by atoms with van der Waals surface area (Å²) in [5.41, 5.74) is 5.75. The van der Waals surface area contributed by atoms with Gasteiger partial charge in [0.1, 0.15) is 5.75 Å². The highest BCUT2D eigenvalue weighted by Gasteiger charge is 2.12. The molecule has 1 rings (SSSR count). The molecule has 1 aromatic carbocycles. The van der Waals surface area contributed by atoms with Crippen LogP contribution < -0.4 is 4.74 Å². The predicted molar refractivity (Wildman–Crippen MR) is 87.8 cm³/mol. The fourth-order valence-corrected chi connectivity index (χ4v) is 3.12. The van der Waals surface area contributed by atoms with Crippen molar-refractivity contribution in [3.05, 3.63) is 33.3 Å². The molecule has 0 unspecified atom stereocenters. The molecule has 0 aromatic heterocycles. The van der Waals surface area contributed by atoms with E-state index in [2.05, 4.69) is 55.8 Å². The second-order valence-electron chi connectivity index (χ2n) is 4.84. The third kappa shape index (κ3) is 3.85. The lowest BCUT2D eigenvalue weighted by Crippen LogP contribution is -1.96. The number of halogens is 1. The molecule has 0 saturated heterocycles. The number of methoxy groups -OCH3 is 1. The van der Waals surface area contributed by atoms with Gasteiger partial charge in [0.25, 0.3) is 0 Å². The molecule has 0 aliphatic carbocycles. The van der Waals surface area contributed by atoms with Crippen molar-refractivity contribution < 1.29 is 4.74 Å². The van der Waals surface area contributed by atoms with E-state index >= 15 is 0 Å². The first-order valence-corrected chi connectivity index (χ1v) is 7.93. The van der Waals surface area contributed by atoms with Crippen LogP contribution >= 0.6 is 15.9 Å². The van der Waals surface area contributed by atoms with Crippen LogP contribution in [0.1, 0.15) is 57.6 Å². The molecule has 0 bridgehead atoms. The highest BCUT2D eigenvalue weighted by Crippen LogP contribution is 2.35. The van der Waals surface area contributed by atoms with E-state index in [0.29, 0.717) is 0 Å². The summed E-state index contributed by atoms with van der Waals surface area (Å²) in [6, 6.07) is 4.33. The van der Waals surface area contributed by atoms with Gasteiger partial charge in [-0.1, -0.05) is 32.8 Å². The van der Waals surface area contributed by atoms with Crippen LogP contribution in [0, 0.1) is 6.92 Å². The summed E-state index contributed by atoms with van der Waals surface area (Å²) in [5.74, 6) is 0.908. The second-order valence-corrected chi connectivity index (χ2v) is 5.70. The fraction of sp³-hybridized carbons (Fsp3) is 0.529. The van der Waals surface area contributed by atoms with Crippen molar-refractivity contribution in [1.82, 2.24) is 0 Å². The number of rotatable bonds is 6. The summed E-state index contributed by atoms with van der Waals surface area (Å²) < 4.78 is 6.40. The summed E-state index contributed by atoms with van der Waals surface area (Å²) in [7, 11) is 1.71. The zero-order valence-electron chi connectivity index (χ0n) is 12.8. The maximum absolute atomic E-state index is 5.37. The van der Waals surface area contributed by atoms with E-state index in [9.17, 15) is 0 Å². The van der Waals surface area contributed by atoms with Gasteiger partial charge in [-0.2, -0.15) is 0 Å². The van der Waals surface area contributed by atoms with Gasteiger partial charge < -0.3 is 4.74 Å². The first kappa shape index (κ1) is 16.3. The lowest BCUT2D eigenvalue weighted by molar-refractivity contribution is 0.412. The molecule has 1 aromatic rings. The second kappa shape index (κ2) is 7.74. The Balaban J connectivity index is 3.36. The normalized spacial score (nSPS) is 12.3. The smallest absolute Gasteiger partial charge is 0.133 e. The number of hydrogen-bond acceptors (Lipinski definition) is 1.